The summed E-state index contributed by atoms with van der Waals surface area (Å²) >= 11 is 1.66. The first kappa shape index (κ1) is 18.4. The molecule has 0 aromatic heterocycles. The fourth-order valence-corrected chi connectivity index (χ4v) is 3.67. The zero-order valence-corrected chi connectivity index (χ0v) is 15.2. The van der Waals surface area contributed by atoms with Crippen LogP contribution < -0.4 is 15.8 Å². The zero-order valence-electron chi connectivity index (χ0n) is 14.4. The summed E-state index contributed by atoms with van der Waals surface area (Å²) in [5.41, 5.74) is 6.06. The number of benzene rings is 1. The molecule has 1 aromatic rings. The van der Waals surface area contributed by atoms with Crippen LogP contribution in [0.1, 0.15) is 26.7 Å². The van der Waals surface area contributed by atoms with Crippen LogP contribution >= 0.6 is 11.8 Å². The summed E-state index contributed by atoms with van der Waals surface area (Å²) in [5, 5.41) is 3.33. The van der Waals surface area contributed by atoms with Crippen LogP contribution in [-0.2, 0) is 4.79 Å². The van der Waals surface area contributed by atoms with Gasteiger partial charge in [0.25, 0.3) is 0 Å². The molecule has 3 amide bonds. The molecule has 0 aliphatic carbocycles. The van der Waals surface area contributed by atoms with Crippen molar-refractivity contribution >= 4 is 29.4 Å². The van der Waals surface area contributed by atoms with Crippen molar-refractivity contribution in [3.8, 4) is 5.75 Å². The van der Waals surface area contributed by atoms with E-state index in [2.05, 4.69) is 19.2 Å². The number of piperidine rings is 1. The van der Waals surface area contributed by atoms with Gasteiger partial charge in [0, 0.05) is 23.2 Å². The van der Waals surface area contributed by atoms with E-state index in [9.17, 15) is 9.59 Å². The molecule has 3 N–H and O–H groups in total. The van der Waals surface area contributed by atoms with E-state index in [1.165, 1.54) is 0 Å². The van der Waals surface area contributed by atoms with Crippen LogP contribution in [0.25, 0.3) is 0 Å². The number of nitrogens with zero attached hydrogens (tertiary/aromatic N) is 1. The Morgan fingerprint density at radius 3 is 2.79 bits per heavy atom. The van der Waals surface area contributed by atoms with E-state index in [-0.39, 0.29) is 17.9 Å². The highest BCUT2D eigenvalue weighted by Crippen LogP contribution is 2.37. The van der Waals surface area contributed by atoms with Crippen LogP contribution in [-0.4, -0.2) is 42.3 Å². The van der Waals surface area contributed by atoms with Crippen molar-refractivity contribution in [3.63, 3.8) is 0 Å². The molecule has 0 radical (unpaired) electrons. The van der Waals surface area contributed by atoms with E-state index < -0.39 is 0 Å². The number of primary amides is 1. The molecule has 0 unspecified atom stereocenters. The minimum absolute atomic E-state index is 0.226. The molecule has 1 fully saturated rings. The van der Waals surface area contributed by atoms with Crippen LogP contribution in [0.3, 0.4) is 0 Å². The third kappa shape index (κ3) is 4.56. The van der Waals surface area contributed by atoms with Gasteiger partial charge in [-0.2, -0.15) is 0 Å². The van der Waals surface area contributed by atoms with Gasteiger partial charge in [0.1, 0.15) is 5.75 Å². The third-order valence-corrected chi connectivity index (χ3v) is 4.98. The Labute approximate surface area is 147 Å². The molecular formula is C17H25N3O3S. The van der Waals surface area contributed by atoms with Crippen LogP contribution in [0.15, 0.2) is 23.1 Å². The minimum Gasteiger partial charge on any atom is -0.495 e. The summed E-state index contributed by atoms with van der Waals surface area (Å²) in [5.74, 6) is 0.00461. The van der Waals surface area contributed by atoms with Gasteiger partial charge in [-0.05, 0) is 25.0 Å². The molecule has 1 aliphatic rings. The molecule has 2 rings (SSSR count). The predicted molar refractivity (Wildman–Crippen MR) is 96.5 cm³/mol. The molecule has 24 heavy (non-hydrogen) atoms. The van der Waals surface area contributed by atoms with Gasteiger partial charge in [0.2, 0.25) is 5.91 Å². The lowest BCUT2D eigenvalue weighted by Crippen LogP contribution is -2.45. The lowest BCUT2D eigenvalue weighted by atomic mass is 9.98. The number of methoxy groups -OCH3 is 1. The molecule has 1 aliphatic heterocycles. The van der Waals surface area contributed by atoms with E-state index in [0.717, 1.165) is 17.7 Å². The first-order chi connectivity index (χ1) is 11.4. The van der Waals surface area contributed by atoms with Crippen LogP contribution in [0.4, 0.5) is 10.5 Å². The topological polar surface area (TPSA) is 84.7 Å². The zero-order chi connectivity index (χ0) is 17.7. The summed E-state index contributed by atoms with van der Waals surface area (Å²) in [6.45, 7) is 5.18. The normalized spacial score (nSPS) is 17.7. The van der Waals surface area contributed by atoms with Gasteiger partial charge >= 0.3 is 6.03 Å². The molecule has 0 spiro atoms. The second-order valence-electron chi connectivity index (χ2n) is 6.12. The van der Waals surface area contributed by atoms with Crippen molar-refractivity contribution in [2.75, 3.05) is 25.5 Å². The number of para-hydroxylation sites is 1. The minimum atomic E-state index is -0.346. The number of nitrogens with two attached hydrogens (primary N) is 1. The number of amides is 3. The molecule has 1 heterocycles. The van der Waals surface area contributed by atoms with Crippen molar-refractivity contribution in [2.24, 2.45) is 11.7 Å². The fourth-order valence-electron chi connectivity index (χ4n) is 2.74. The number of nitrogens with one attached hydrogen (secondary N) is 1. The summed E-state index contributed by atoms with van der Waals surface area (Å²) in [6, 6.07) is 5.47. The first-order valence-corrected chi connectivity index (χ1v) is 8.99. The van der Waals surface area contributed by atoms with E-state index in [1.807, 2.05) is 18.2 Å². The predicted octanol–water partition coefficient (Wildman–Crippen LogP) is 2.92. The SMILES string of the molecule is COc1cccc(SC(C)C)c1NC(=O)N1CCC[C@H](C(N)=O)C1. The number of urea groups is 1. The average molecular weight is 351 g/mol. The standard InChI is InChI=1S/C17H25N3O3S/c1-11(2)24-14-8-4-7-13(23-3)15(14)19-17(22)20-9-5-6-12(10-20)16(18)21/h4,7-8,11-12H,5-6,9-10H2,1-3H3,(H2,18,21)(H,19,22)/t12-/m0/s1. The maximum absolute atomic E-state index is 12.6. The van der Waals surface area contributed by atoms with Crippen molar-refractivity contribution in [1.82, 2.24) is 4.90 Å². The summed E-state index contributed by atoms with van der Waals surface area (Å²) in [6.07, 6.45) is 1.52. The van der Waals surface area contributed by atoms with Gasteiger partial charge in [-0.15, -0.1) is 11.8 Å². The Kier molecular flexibility index (Phi) is 6.36. The fraction of sp³-hybridized carbons (Fsp3) is 0.529. The van der Waals surface area contributed by atoms with Crippen LogP contribution in [0.5, 0.6) is 5.75 Å². The van der Waals surface area contributed by atoms with Gasteiger partial charge in [-0.1, -0.05) is 19.9 Å². The van der Waals surface area contributed by atoms with Gasteiger partial charge in [-0.3, -0.25) is 4.79 Å². The average Bonchev–Trinajstić information content (AvgIpc) is 2.55. The Morgan fingerprint density at radius 2 is 2.17 bits per heavy atom. The van der Waals surface area contributed by atoms with Gasteiger partial charge in [0.05, 0.1) is 18.7 Å². The number of anilines is 1. The second kappa shape index (κ2) is 8.28. The quantitative estimate of drug-likeness (QED) is 0.799. The maximum atomic E-state index is 12.6. The highest BCUT2D eigenvalue weighted by molar-refractivity contribution is 8.00. The van der Waals surface area contributed by atoms with Crippen LogP contribution in [0.2, 0.25) is 0 Å². The summed E-state index contributed by atoms with van der Waals surface area (Å²) < 4.78 is 5.39. The highest BCUT2D eigenvalue weighted by Gasteiger charge is 2.27. The van der Waals surface area contributed by atoms with Crippen molar-refractivity contribution in [2.45, 2.75) is 36.8 Å². The number of likely N-dealkylation sites (tertiary alicyclic amines) is 1. The third-order valence-electron chi connectivity index (χ3n) is 3.91. The lowest BCUT2D eigenvalue weighted by molar-refractivity contribution is -0.123. The Morgan fingerprint density at radius 1 is 1.42 bits per heavy atom. The van der Waals surface area contributed by atoms with Crippen molar-refractivity contribution in [1.29, 1.82) is 0 Å². The van der Waals surface area contributed by atoms with Gasteiger partial charge in [-0.25, -0.2) is 4.79 Å². The molecule has 0 bridgehead atoms. The Balaban J connectivity index is 2.17. The number of carbonyl (C=O) groups is 2. The second-order valence-corrected chi connectivity index (χ2v) is 7.74. The molecule has 1 atom stereocenters. The van der Waals surface area contributed by atoms with E-state index >= 15 is 0 Å². The first-order valence-electron chi connectivity index (χ1n) is 8.11. The Hall–Kier alpha value is -1.89. The molecule has 1 saturated heterocycles. The van der Waals surface area contributed by atoms with E-state index in [0.29, 0.717) is 29.8 Å². The largest absolute Gasteiger partial charge is 0.495 e. The molecular weight excluding hydrogens is 326 g/mol. The number of thioether (sulfide) groups is 1. The molecule has 0 saturated carbocycles. The smallest absolute Gasteiger partial charge is 0.322 e. The number of carbonyl (C=O) groups excluding carboxylic acids is 2. The maximum Gasteiger partial charge on any atom is 0.322 e. The van der Waals surface area contributed by atoms with Crippen molar-refractivity contribution < 1.29 is 14.3 Å². The number of hydrogen-bond acceptors (Lipinski definition) is 4. The highest BCUT2D eigenvalue weighted by atomic mass is 32.2. The number of rotatable bonds is 5. The van der Waals surface area contributed by atoms with Gasteiger partial charge < -0.3 is 20.7 Å². The molecule has 1 aromatic carbocycles. The summed E-state index contributed by atoms with van der Waals surface area (Å²) in [4.78, 5) is 26.6. The summed E-state index contributed by atoms with van der Waals surface area (Å²) in [7, 11) is 1.58. The van der Waals surface area contributed by atoms with Gasteiger partial charge in [0.15, 0.2) is 0 Å². The van der Waals surface area contributed by atoms with Crippen LogP contribution in [0, 0.1) is 5.92 Å². The molecule has 7 heteroatoms. The van der Waals surface area contributed by atoms with E-state index in [1.54, 1.807) is 23.8 Å². The monoisotopic (exact) mass is 351 g/mol. The number of ether oxygens (including phenoxy) is 1. The molecule has 6 nitrogen and oxygen atoms in total. The molecule has 132 valence electrons. The van der Waals surface area contributed by atoms with Crippen molar-refractivity contribution in [3.05, 3.63) is 18.2 Å². The lowest BCUT2D eigenvalue weighted by Gasteiger charge is -2.31. The van der Waals surface area contributed by atoms with E-state index in [4.69, 9.17) is 10.5 Å². The number of hydrogen-bond donors (Lipinski definition) is 2. The Bertz CT molecular complexity index is 607.